The lowest BCUT2D eigenvalue weighted by Crippen LogP contribution is -2.50. The Hall–Kier alpha value is -1.31. The third kappa shape index (κ3) is 5.60. The summed E-state index contributed by atoms with van der Waals surface area (Å²) in [6, 6.07) is 0. The van der Waals surface area contributed by atoms with E-state index in [0.717, 1.165) is 27.7 Å². The van der Waals surface area contributed by atoms with Crippen molar-refractivity contribution >= 4 is 19.8 Å². The second kappa shape index (κ2) is 9.15. The second-order valence-electron chi connectivity index (χ2n) is 9.76. The fraction of sp³-hybridized carbons (Fsp3) is 0.727. The maximum absolute atomic E-state index is 14.7. The lowest BCUT2D eigenvalue weighted by Gasteiger charge is -2.33. The van der Waals surface area contributed by atoms with Crippen molar-refractivity contribution < 1.29 is 40.8 Å². The van der Waals surface area contributed by atoms with Gasteiger partial charge in [0, 0.05) is 11.8 Å². The summed E-state index contributed by atoms with van der Waals surface area (Å²) >= 11 is 0. The second-order valence-corrected chi connectivity index (χ2v) is 10.7. The third-order valence-electron chi connectivity index (χ3n) is 6.16. The van der Waals surface area contributed by atoms with E-state index in [1.165, 1.54) is 0 Å². The number of ketones is 2. The zero-order valence-electron chi connectivity index (χ0n) is 18.9. The molecule has 0 unspecified atom stereocenters. The summed E-state index contributed by atoms with van der Waals surface area (Å²) in [6.45, 7) is 11.3. The van der Waals surface area contributed by atoms with Gasteiger partial charge in [-0.25, -0.2) is 0 Å². The van der Waals surface area contributed by atoms with Gasteiger partial charge in [-0.3, -0.25) is 23.2 Å². The molecule has 0 bridgehead atoms. The highest BCUT2D eigenvalue weighted by Gasteiger charge is 2.56. The number of halogens is 4. The number of alkyl halides is 4. The summed E-state index contributed by atoms with van der Waals surface area (Å²) < 4.78 is 81.2. The number of carbonyl (C=O) groups excluding carboxylic acids is 2. The van der Waals surface area contributed by atoms with Gasteiger partial charge in [-0.1, -0.05) is 24.3 Å². The van der Waals surface area contributed by atoms with E-state index in [1.54, 1.807) is 0 Å². The Labute approximate surface area is 186 Å². The van der Waals surface area contributed by atoms with Crippen LogP contribution in [0, 0.1) is 11.8 Å². The van der Waals surface area contributed by atoms with Crippen LogP contribution in [0.1, 0.15) is 66.2 Å². The molecule has 0 heterocycles. The van der Waals surface area contributed by atoms with E-state index in [1.807, 2.05) is 0 Å². The molecule has 0 aliphatic heterocycles. The predicted octanol–water partition coefficient (Wildman–Crippen LogP) is 6.09. The highest BCUT2D eigenvalue weighted by molar-refractivity contribution is 7.33. The number of carbonyl (C=O) groups is 2. The third-order valence-corrected chi connectivity index (χ3v) is 7.52. The van der Waals surface area contributed by atoms with Gasteiger partial charge in [0.2, 0.25) is 11.6 Å². The van der Waals surface area contributed by atoms with Gasteiger partial charge in [0.25, 0.3) is 0 Å². The first-order valence-corrected chi connectivity index (χ1v) is 11.7. The Morgan fingerprint density at radius 3 is 1.38 bits per heavy atom. The van der Waals surface area contributed by atoms with Crippen LogP contribution in [0.15, 0.2) is 24.3 Å². The Bertz CT molecular complexity index is 768. The molecule has 0 aromatic rings. The smallest absolute Gasteiger partial charge is 0.296 e. The van der Waals surface area contributed by atoms with Crippen LogP contribution in [0.2, 0.25) is 0 Å². The van der Waals surface area contributed by atoms with Crippen LogP contribution in [0.25, 0.3) is 0 Å². The number of Topliss-reactive ketones (excluding diaryl/α,β-unsaturated/α-hetero) is 2. The molecule has 0 spiro atoms. The molecule has 2 rings (SSSR count). The van der Waals surface area contributed by atoms with Crippen LogP contribution < -0.4 is 0 Å². The van der Waals surface area contributed by atoms with Crippen molar-refractivity contribution in [2.75, 3.05) is 0 Å². The van der Waals surface area contributed by atoms with Gasteiger partial charge in [0.05, 0.1) is 0 Å². The molecule has 0 radical (unpaired) electrons. The van der Waals surface area contributed by atoms with Crippen LogP contribution in [-0.2, 0) is 23.2 Å². The standard InChI is InChI=1S/C22H31F4O5P/c1-13-7-9-15(11-13)21(23,24)17(27)19(3,4)30-32(29)31-20(5,6)18(28)22(25,26)16-10-8-14(2)12-16/h15-16,32H,1-2,7-12H2,3-6H3/t15-,16-/m0/s1. The summed E-state index contributed by atoms with van der Waals surface area (Å²) in [7, 11) is -3.77. The molecule has 2 atom stereocenters. The van der Waals surface area contributed by atoms with Crippen LogP contribution in [0.3, 0.4) is 0 Å². The molecule has 2 aliphatic rings. The Morgan fingerprint density at radius 1 is 0.812 bits per heavy atom. The van der Waals surface area contributed by atoms with Gasteiger partial charge >= 0.3 is 20.1 Å². The van der Waals surface area contributed by atoms with Crippen LogP contribution in [0.4, 0.5) is 17.6 Å². The summed E-state index contributed by atoms with van der Waals surface area (Å²) in [5.41, 5.74) is -3.22. The van der Waals surface area contributed by atoms with E-state index in [2.05, 4.69) is 13.2 Å². The first kappa shape index (κ1) is 26.9. The first-order valence-electron chi connectivity index (χ1n) is 10.5. The molecule has 5 nitrogen and oxygen atoms in total. The predicted molar refractivity (Wildman–Crippen MR) is 112 cm³/mol. The van der Waals surface area contributed by atoms with Gasteiger partial charge in [-0.05, 0) is 66.2 Å². The van der Waals surface area contributed by atoms with E-state index in [-0.39, 0.29) is 25.7 Å². The van der Waals surface area contributed by atoms with Crippen LogP contribution in [0.5, 0.6) is 0 Å². The highest BCUT2D eigenvalue weighted by atomic mass is 31.1. The number of hydrogen-bond acceptors (Lipinski definition) is 5. The van der Waals surface area contributed by atoms with Crippen molar-refractivity contribution in [1.82, 2.24) is 0 Å². The van der Waals surface area contributed by atoms with Gasteiger partial charge in [0.1, 0.15) is 11.2 Å². The number of allylic oxidation sites excluding steroid dienone is 2. The van der Waals surface area contributed by atoms with Gasteiger partial charge in [0.15, 0.2) is 0 Å². The average molecular weight is 482 g/mol. The van der Waals surface area contributed by atoms with Gasteiger partial charge in [-0.2, -0.15) is 17.6 Å². The molecule has 32 heavy (non-hydrogen) atoms. The van der Waals surface area contributed by atoms with Crippen molar-refractivity contribution in [3.8, 4) is 0 Å². The molecule has 182 valence electrons. The van der Waals surface area contributed by atoms with E-state index in [9.17, 15) is 31.7 Å². The minimum absolute atomic E-state index is 0.00922. The van der Waals surface area contributed by atoms with Crippen molar-refractivity contribution in [3.05, 3.63) is 24.3 Å². The van der Waals surface area contributed by atoms with Gasteiger partial charge < -0.3 is 0 Å². The largest absolute Gasteiger partial charge is 0.321 e. The van der Waals surface area contributed by atoms with Crippen LogP contribution in [-0.4, -0.2) is 34.6 Å². The summed E-state index contributed by atoms with van der Waals surface area (Å²) in [6.07, 6.45) is 0.920. The molecule has 2 fully saturated rings. The Kier molecular flexibility index (Phi) is 7.70. The Morgan fingerprint density at radius 2 is 1.12 bits per heavy atom. The summed E-state index contributed by atoms with van der Waals surface area (Å²) in [5.74, 6) is -13.2. The molecular formula is C22H31F4O5P. The quantitative estimate of drug-likeness (QED) is 0.214. The maximum atomic E-state index is 14.7. The molecule has 2 saturated carbocycles. The van der Waals surface area contributed by atoms with Crippen molar-refractivity contribution in [2.45, 2.75) is 89.3 Å². The number of hydrogen-bond donors (Lipinski definition) is 0. The molecule has 0 amide bonds. The van der Waals surface area contributed by atoms with Crippen molar-refractivity contribution in [1.29, 1.82) is 0 Å². The normalized spacial score (nSPS) is 23.3. The monoisotopic (exact) mass is 482 g/mol. The minimum Gasteiger partial charge on any atom is -0.296 e. The molecular weight excluding hydrogens is 451 g/mol. The minimum atomic E-state index is -3.77. The molecule has 0 N–H and O–H groups in total. The topological polar surface area (TPSA) is 69.7 Å². The first-order chi connectivity index (χ1) is 14.4. The number of rotatable bonds is 10. The van der Waals surface area contributed by atoms with E-state index >= 15 is 0 Å². The lowest BCUT2D eigenvalue weighted by molar-refractivity contribution is -0.169. The fourth-order valence-corrected chi connectivity index (χ4v) is 5.24. The SMILES string of the molecule is C=C1CC[C@H](C(F)(F)C(=O)C(C)(C)O[PH](=O)OC(C)(C)C(=O)C(F)(F)[C@H]2CCC(=C)C2)C1. The Balaban J connectivity index is 2.07. The van der Waals surface area contributed by atoms with Crippen molar-refractivity contribution in [2.24, 2.45) is 11.8 Å². The molecule has 2 aliphatic carbocycles. The summed E-state index contributed by atoms with van der Waals surface area (Å²) in [5, 5.41) is 0. The fourth-order valence-electron chi connectivity index (χ4n) is 4.18. The van der Waals surface area contributed by atoms with E-state index < -0.39 is 54.7 Å². The van der Waals surface area contributed by atoms with E-state index in [4.69, 9.17) is 9.05 Å². The highest BCUT2D eigenvalue weighted by Crippen LogP contribution is 2.47. The van der Waals surface area contributed by atoms with E-state index in [0.29, 0.717) is 24.0 Å². The summed E-state index contributed by atoms with van der Waals surface area (Å²) in [4.78, 5) is 25.0. The average Bonchev–Trinajstić information content (AvgIpc) is 3.28. The zero-order valence-corrected chi connectivity index (χ0v) is 19.9. The zero-order chi connectivity index (χ0) is 24.7. The lowest BCUT2D eigenvalue weighted by atomic mass is 9.88. The van der Waals surface area contributed by atoms with Gasteiger partial charge in [-0.15, -0.1) is 0 Å². The maximum Gasteiger partial charge on any atom is 0.321 e. The molecule has 0 aromatic heterocycles. The van der Waals surface area contributed by atoms with Crippen LogP contribution >= 0.6 is 8.25 Å². The van der Waals surface area contributed by atoms with Crippen molar-refractivity contribution in [3.63, 3.8) is 0 Å². The molecule has 0 saturated heterocycles. The molecule has 0 aromatic carbocycles. The molecule has 10 heteroatoms.